The summed E-state index contributed by atoms with van der Waals surface area (Å²) < 4.78 is 5.86. The van der Waals surface area contributed by atoms with Gasteiger partial charge in [-0.15, -0.1) is 0 Å². The number of anilines is 1. The Kier molecular flexibility index (Phi) is 3.42. The fourth-order valence-electron chi connectivity index (χ4n) is 2.33. The number of hydrogen-bond donors (Lipinski definition) is 0. The summed E-state index contributed by atoms with van der Waals surface area (Å²) in [6, 6.07) is 14.5. The van der Waals surface area contributed by atoms with Gasteiger partial charge in [0.15, 0.2) is 5.58 Å². The van der Waals surface area contributed by atoms with Gasteiger partial charge in [-0.1, -0.05) is 19.9 Å². The van der Waals surface area contributed by atoms with Gasteiger partial charge in [0.05, 0.1) is 0 Å². The molecule has 0 unspecified atom stereocenters. The Morgan fingerprint density at radius 2 is 1.71 bits per heavy atom. The van der Waals surface area contributed by atoms with Gasteiger partial charge in [0.2, 0.25) is 5.89 Å². The highest BCUT2D eigenvalue weighted by atomic mass is 16.3. The molecular formula is C18H20N2O. The fraction of sp³-hybridized carbons (Fsp3) is 0.278. The Labute approximate surface area is 125 Å². The van der Waals surface area contributed by atoms with Gasteiger partial charge in [0.25, 0.3) is 0 Å². The van der Waals surface area contributed by atoms with Crippen LogP contribution in [0.3, 0.4) is 0 Å². The minimum Gasteiger partial charge on any atom is -0.436 e. The zero-order valence-corrected chi connectivity index (χ0v) is 12.9. The molecule has 108 valence electrons. The number of aromatic nitrogens is 1. The topological polar surface area (TPSA) is 29.3 Å². The molecule has 0 aliphatic heterocycles. The van der Waals surface area contributed by atoms with Gasteiger partial charge in [-0.25, -0.2) is 4.98 Å². The molecule has 3 aromatic rings. The molecule has 0 radical (unpaired) electrons. The molecular weight excluding hydrogens is 260 g/mol. The second kappa shape index (κ2) is 5.24. The number of benzene rings is 2. The van der Waals surface area contributed by atoms with Crippen molar-refractivity contribution >= 4 is 16.8 Å². The van der Waals surface area contributed by atoms with Crippen LogP contribution in [-0.4, -0.2) is 19.1 Å². The molecule has 21 heavy (non-hydrogen) atoms. The molecule has 3 nitrogen and oxygen atoms in total. The number of oxazole rings is 1. The molecule has 3 rings (SSSR count). The van der Waals surface area contributed by atoms with Crippen molar-refractivity contribution in [1.29, 1.82) is 0 Å². The van der Waals surface area contributed by atoms with Crippen LogP contribution in [0.15, 0.2) is 46.9 Å². The van der Waals surface area contributed by atoms with Crippen molar-refractivity contribution in [2.24, 2.45) is 0 Å². The minimum absolute atomic E-state index is 0.494. The highest BCUT2D eigenvalue weighted by Gasteiger charge is 2.10. The lowest BCUT2D eigenvalue weighted by Gasteiger charge is -2.11. The van der Waals surface area contributed by atoms with Crippen LogP contribution in [0.25, 0.3) is 22.6 Å². The predicted octanol–water partition coefficient (Wildman–Crippen LogP) is 4.68. The third-order valence-electron chi connectivity index (χ3n) is 3.71. The van der Waals surface area contributed by atoms with E-state index < -0.39 is 0 Å². The summed E-state index contributed by atoms with van der Waals surface area (Å²) in [4.78, 5) is 6.69. The lowest BCUT2D eigenvalue weighted by molar-refractivity contribution is 0.619. The van der Waals surface area contributed by atoms with Crippen molar-refractivity contribution < 1.29 is 4.42 Å². The average Bonchev–Trinajstić information content (AvgIpc) is 2.90. The molecule has 0 aliphatic rings. The van der Waals surface area contributed by atoms with Crippen molar-refractivity contribution in [1.82, 2.24) is 4.98 Å². The van der Waals surface area contributed by atoms with Crippen LogP contribution in [0.5, 0.6) is 0 Å². The van der Waals surface area contributed by atoms with E-state index in [1.807, 2.05) is 32.3 Å². The van der Waals surface area contributed by atoms with Crippen LogP contribution >= 0.6 is 0 Å². The Bertz CT molecular complexity index is 754. The van der Waals surface area contributed by atoms with Crippen LogP contribution in [0.4, 0.5) is 5.69 Å². The number of hydrogen-bond acceptors (Lipinski definition) is 3. The number of nitrogens with zero attached hydrogens (tertiary/aromatic N) is 2. The summed E-state index contributed by atoms with van der Waals surface area (Å²) in [6.07, 6.45) is 0. The van der Waals surface area contributed by atoms with Crippen molar-refractivity contribution in [3.63, 3.8) is 0 Å². The molecule has 2 aromatic carbocycles. The Morgan fingerprint density at radius 1 is 1.00 bits per heavy atom. The number of rotatable bonds is 3. The first-order valence-electron chi connectivity index (χ1n) is 7.23. The highest BCUT2D eigenvalue weighted by Crippen LogP contribution is 2.27. The average molecular weight is 280 g/mol. The van der Waals surface area contributed by atoms with Crippen LogP contribution in [0.1, 0.15) is 25.3 Å². The smallest absolute Gasteiger partial charge is 0.227 e. The van der Waals surface area contributed by atoms with Crippen LogP contribution < -0.4 is 4.90 Å². The molecule has 0 spiro atoms. The third kappa shape index (κ3) is 2.64. The van der Waals surface area contributed by atoms with Gasteiger partial charge in [-0.2, -0.15) is 0 Å². The summed E-state index contributed by atoms with van der Waals surface area (Å²) in [6.45, 7) is 4.37. The molecule has 3 heteroatoms. The maximum Gasteiger partial charge on any atom is 0.227 e. The van der Waals surface area contributed by atoms with Crippen molar-refractivity contribution in [2.75, 3.05) is 19.0 Å². The molecule has 0 atom stereocenters. The summed E-state index contributed by atoms with van der Waals surface area (Å²) in [5.41, 5.74) is 5.21. The van der Waals surface area contributed by atoms with Crippen LogP contribution in [-0.2, 0) is 0 Å². The van der Waals surface area contributed by atoms with Gasteiger partial charge in [0, 0.05) is 25.3 Å². The fourth-order valence-corrected chi connectivity index (χ4v) is 2.33. The first-order valence-corrected chi connectivity index (χ1v) is 7.23. The second-order valence-electron chi connectivity index (χ2n) is 5.84. The highest BCUT2D eigenvalue weighted by molar-refractivity contribution is 5.77. The first kappa shape index (κ1) is 13.7. The van der Waals surface area contributed by atoms with Crippen molar-refractivity contribution in [3.05, 3.63) is 48.0 Å². The summed E-state index contributed by atoms with van der Waals surface area (Å²) in [5.74, 6) is 1.17. The van der Waals surface area contributed by atoms with E-state index >= 15 is 0 Å². The van der Waals surface area contributed by atoms with E-state index in [4.69, 9.17) is 4.42 Å². The Hall–Kier alpha value is -2.29. The van der Waals surface area contributed by atoms with Gasteiger partial charge in [0.1, 0.15) is 5.52 Å². The molecule has 0 N–H and O–H groups in total. The van der Waals surface area contributed by atoms with E-state index in [0.717, 1.165) is 22.4 Å². The summed E-state index contributed by atoms with van der Waals surface area (Å²) in [7, 11) is 4.06. The van der Waals surface area contributed by atoms with Gasteiger partial charge < -0.3 is 9.32 Å². The Morgan fingerprint density at radius 3 is 2.33 bits per heavy atom. The zero-order chi connectivity index (χ0) is 15.0. The Balaban J connectivity index is 2.00. The lowest BCUT2D eigenvalue weighted by atomic mass is 10.0. The molecule has 0 fully saturated rings. The summed E-state index contributed by atoms with van der Waals surface area (Å²) in [5, 5.41) is 0. The van der Waals surface area contributed by atoms with Gasteiger partial charge in [-0.05, 0) is 47.9 Å². The monoisotopic (exact) mass is 280 g/mol. The van der Waals surface area contributed by atoms with E-state index in [-0.39, 0.29) is 0 Å². The molecule has 0 saturated carbocycles. The number of fused-ring (bicyclic) bond motifs is 1. The van der Waals surface area contributed by atoms with Crippen molar-refractivity contribution in [2.45, 2.75) is 19.8 Å². The molecule has 1 heterocycles. The van der Waals surface area contributed by atoms with E-state index in [0.29, 0.717) is 11.8 Å². The van der Waals surface area contributed by atoms with Crippen LogP contribution in [0, 0.1) is 0 Å². The second-order valence-corrected chi connectivity index (χ2v) is 5.84. The minimum atomic E-state index is 0.494. The molecule has 0 aliphatic carbocycles. The predicted molar refractivity (Wildman–Crippen MR) is 87.9 cm³/mol. The third-order valence-corrected chi connectivity index (χ3v) is 3.71. The SMILES string of the molecule is CC(C)c1ccc2oc(-c3ccc(N(C)C)cc3)nc2c1. The molecule has 1 aromatic heterocycles. The normalized spacial score (nSPS) is 11.3. The first-order chi connectivity index (χ1) is 10.0. The maximum absolute atomic E-state index is 5.86. The van der Waals surface area contributed by atoms with Gasteiger partial charge >= 0.3 is 0 Å². The maximum atomic E-state index is 5.86. The van der Waals surface area contributed by atoms with E-state index in [1.54, 1.807) is 0 Å². The summed E-state index contributed by atoms with van der Waals surface area (Å²) >= 11 is 0. The molecule has 0 amide bonds. The van der Waals surface area contributed by atoms with E-state index in [1.165, 1.54) is 5.56 Å². The lowest BCUT2D eigenvalue weighted by Crippen LogP contribution is -2.07. The van der Waals surface area contributed by atoms with E-state index in [9.17, 15) is 0 Å². The van der Waals surface area contributed by atoms with Crippen LogP contribution in [0.2, 0.25) is 0 Å². The standard InChI is InChI=1S/C18H20N2O/c1-12(2)14-7-10-17-16(11-14)19-18(21-17)13-5-8-15(9-6-13)20(3)4/h5-12H,1-4H3. The van der Waals surface area contributed by atoms with Gasteiger partial charge in [-0.3, -0.25) is 0 Å². The zero-order valence-electron chi connectivity index (χ0n) is 12.9. The van der Waals surface area contributed by atoms with E-state index in [2.05, 4.69) is 48.0 Å². The van der Waals surface area contributed by atoms with Crippen molar-refractivity contribution in [3.8, 4) is 11.5 Å². The molecule has 0 saturated heterocycles. The quantitative estimate of drug-likeness (QED) is 0.697. The largest absolute Gasteiger partial charge is 0.436 e. The molecule has 0 bridgehead atoms.